The van der Waals surface area contributed by atoms with E-state index < -0.39 is 5.82 Å². The Hall–Kier alpha value is -3.27. The Morgan fingerprint density at radius 2 is 1.85 bits per heavy atom. The maximum Gasteiger partial charge on any atom is 0.322 e. The van der Waals surface area contributed by atoms with Crippen LogP contribution in [0.2, 0.25) is 0 Å². The van der Waals surface area contributed by atoms with E-state index in [1.54, 1.807) is 12.0 Å². The summed E-state index contributed by atoms with van der Waals surface area (Å²) in [5, 5.41) is 11.8. The summed E-state index contributed by atoms with van der Waals surface area (Å²) in [5.41, 5.74) is 1.50. The summed E-state index contributed by atoms with van der Waals surface area (Å²) >= 11 is 0. The van der Waals surface area contributed by atoms with Crippen molar-refractivity contribution in [1.82, 2.24) is 4.90 Å². The Kier molecular flexibility index (Phi) is 5.23. The summed E-state index contributed by atoms with van der Waals surface area (Å²) in [6.45, 7) is 2.52. The van der Waals surface area contributed by atoms with Crippen molar-refractivity contribution in [2.24, 2.45) is 0 Å². The number of urea groups is 1. The maximum absolute atomic E-state index is 13.2. The van der Waals surface area contributed by atoms with Crippen LogP contribution in [-0.4, -0.2) is 44.2 Å². The maximum atomic E-state index is 13.2. The largest absolute Gasteiger partial charge is 0.497 e. The van der Waals surface area contributed by atoms with E-state index in [-0.39, 0.29) is 11.6 Å². The van der Waals surface area contributed by atoms with E-state index in [4.69, 9.17) is 10.00 Å². The van der Waals surface area contributed by atoms with Crippen LogP contribution in [0.3, 0.4) is 0 Å². The predicted molar refractivity (Wildman–Crippen MR) is 96.9 cm³/mol. The molecular weight excluding hydrogens is 335 g/mol. The molecule has 1 fully saturated rings. The molecule has 26 heavy (non-hydrogen) atoms. The molecule has 0 radical (unpaired) electrons. The lowest BCUT2D eigenvalue weighted by Crippen LogP contribution is -2.50. The number of halogens is 1. The van der Waals surface area contributed by atoms with Gasteiger partial charge in [0.25, 0.3) is 0 Å². The molecule has 0 spiro atoms. The molecule has 1 heterocycles. The number of nitrogens with zero attached hydrogens (tertiary/aromatic N) is 3. The first kappa shape index (κ1) is 17.5. The van der Waals surface area contributed by atoms with Gasteiger partial charge in [0.05, 0.1) is 18.4 Å². The quantitative estimate of drug-likeness (QED) is 0.920. The van der Waals surface area contributed by atoms with Crippen LogP contribution in [-0.2, 0) is 0 Å². The van der Waals surface area contributed by atoms with Gasteiger partial charge in [0.2, 0.25) is 0 Å². The highest BCUT2D eigenvalue weighted by molar-refractivity contribution is 5.91. The molecule has 1 saturated heterocycles. The van der Waals surface area contributed by atoms with Crippen LogP contribution in [0.5, 0.6) is 5.75 Å². The van der Waals surface area contributed by atoms with E-state index >= 15 is 0 Å². The first-order valence-corrected chi connectivity index (χ1v) is 8.25. The van der Waals surface area contributed by atoms with Gasteiger partial charge in [0.1, 0.15) is 17.6 Å². The van der Waals surface area contributed by atoms with E-state index in [1.807, 2.05) is 30.3 Å². The van der Waals surface area contributed by atoms with Crippen molar-refractivity contribution in [3.63, 3.8) is 0 Å². The predicted octanol–water partition coefficient (Wildman–Crippen LogP) is 3.06. The van der Waals surface area contributed by atoms with Crippen molar-refractivity contribution in [2.75, 3.05) is 43.5 Å². The Morgan fingerprint density at radius 3 is 2.46 bits per heavy atom. The molecule has 0 atom stereocenters. The molecule has 134 valence electrons. The van der Waals surface area contributed by atoms with Gasteiger partial charge in [0, 0.05) is 31.9 Å². The standard InChI is InChI=1S/C19H19FN4O2/c1-26-17-5-3-16(4-6-17)23-8-10-24(11-9-23)19(25)22-18-7-2-15(20)12-14(18)13-21/h2-7,12H,8-11H2,1H3,(H,22,25). The Morgan fingerprint density at radius 1 is 1.15 bits per heavy atom. The van der Waals surface area contributed by atoms with Crippen molar-refractivity contribution in [3.8, 4) is 11.8 Å². The molecule has 1 N–H and O–H groups in total. The van der Waals surface area contributed by atoms with E-state index in [0.29, 0.717) is 31.9 Å². The zero-order valence-electron chi connectivity index (χ0n) is 14.4. The number of nitrogens with one attached hydrogen (secondary N) is 1. The van der Waals surface area contributed by atoms with Crippen LogP contribution in [0.15, 0.2) is 42.5 Å². The molecule has 0 bridgehead atoms. The van der Waals surface area contributed by atoms with Crippen molar-refractivity contribution >= 4 is 17.4 Å². The molecule has 1 aliphatic rings. The van der Waals surface area contributed by atoms with Gasteiger partial charge >= 0.3 is 6.03 Å². The zero-order chi connectivity index (χ0) is 18.5. The number of carbonyl (C=O) groups excluding carboxylic acids is 1. The number of amides is 2. The molecule has 0 saturated carbocycles. The second-order valence-corrected chi connectivity index (χ2v) is 5.90. The second kappa shape index (κ2) is 7.74. The van der Waals surface area contributed by atoms with E-state index in [1.165, 1.54) is 12.1 Å². The van der Waals surface area contributed by atoms with Gasteiger partial charge in [-0.25, -0.2) is 9.18 Å². The van der Waals surface area contributed by atoms with Crippen LogP contribution in [0.4, 0.5) is 20.6 Å². The minimum atomic E-state index is -0.507. The van der Waals surface area contributed by atoms with Crippen molar-refractivity contribution < 1.29 is 13.9 Å². The molecule has 0 unspecified atom stereocenters. The molecule has 0 aromatic heterocycles. The molecule has 1 aliphatic heterocycles. The van der Waals surface area contributed by atoms with Gasteiger partial charge in [-0.3, -0.25) is 0 Å². The fourth-order valence-electron chi connectivity index (χ4n) is 2.87. The van der Waals surface area contributed by atoms with Crippen LogP contribution >= 0.6 is 0 Å². The van der Waals surface area contributed by atoms with Crippen molar-refractivity contribution in [3.05, 3.63) is 53.8 Å². The lowest BCUT2D eigenvalue weighted by molar-refractivity contribution is 0.208. The second-order valence-electron chi connectivity index (χ2n) is 5.90. The lowest BCUT2D eigenvalue weighted by Gasteiger charge is -2.36. The number of ether oxygens (including phenoxy) is 1. The van der Waals surface area contributed by atoms with E-state index in [9.17, 15) is 9.18 Å². The van der Waals surface area contributed by atoms with Crippen molar-refractivity contribution in [1.29, 1.82) is 5.26 Å². The smallest absolute Gasteiger partial charge is 0.322 e. The molecule has 0 aliphatic carbocycles. The lowest BCUT2D eigenvalue weighted by atomic mass is 10.2. The molecule has 2 amide bonds. The highest BCUT2D eigenvalue weighted by Crippen LogP contribution is 2.21. The highest BCUT2D eigenvalue weighted by atomic mass is 19.1. The molecular formula is C19H19FN4O2. The third-order valence-electron chi connectivity index (χ3n) is 4.35. The third kappa shape index (κ3) is 3.86. The molecule has 2 aromatic carbocycles. The topological polar surface area (TPSA) is 68.6 Å². The number of piperazine rings is 1. The average molecular weight is 354 g/mol. The normalized spacial score (nSPS) is 13.9. The SMILES string of the molecule is COc1ccc(N2CCN(C(=O)Nc3ccc(F)cc3C#N)CC2)cc1. The molecule has 3 rings (SSSR count). The van der Waals surface area contributed by atoms with Gasteiger partial charge < -0.3 is 19.9 Å². The number of hydrogen-bond donors (Lipinski definition) is 1. The van der Waals surface area contributed by atoms with Crippen LogP contribution in [0.1, 0.15) is 5.56 Å². The van der Waals surface area contributed by atoms with E-state index in [0.717, 1.165) is 17.5 Å². The van der Waals surface area contributed by atoms with Gasteiger partial charge in [-0.1, -0.05) is 0 Å². The zero-order valence-corrected chi connectivity index (χ0v) is 14.4. The Bertz CT molecular complexity index is 824. The summed E-state index contributed by atoms with van der Waals surface area (Å²) in [6.07, 6.45) is 0. The van der Waals surface area contributed by atoms with Crippen LogP contribution in [0.25, 0.3) is 0 Å². The molecule has 2 aromatic rings. The average Bonchev–Trinajstić information content (AvgIpc) is 2.69. The Balaban J connectivity index is 1.59. The van der Waals surface area contributed by atoms with E-state index in [2.05, 4.69) is 10.2 Å². The Labute approximate surface area is 151 Å². The minimum absolute atomic E-state index is 0.107. The summed E-state index contributed by atoms with van der Waals surface area (Å²) in [5.74, 6) is 0.298. The molecule has 7 heteroatoms. The van der Waals surface area contributed by atoms with Gasteiger partial charge in [0.15, 0.2) is 0 Å². The van der Waals surface area contributed by atoms with Gasteiger partial charge in [-0.05, 0) is 42.5 Å². The first-order chi connectivity index (χ1) is 12.6. The fraction of sp³-hybridized carbons (Fsp3) is 0.263. The number of nitriles is 1. The summed E-state index contributed by atoms with van der Waals surface area (Å²) < 4.78 is 18.4. The summed E-state index contributed by atoms with van der Waals surface area (Å²) in [4.78, 5) is 16.3. The fourth-order valence-corrected chi connectivity index (χ4v) is 2.87. The summed E-state index contributed by atoms with van der Waals surface area (Å²) in [7, 11) is 1.63. The van der Waals surface area contributed by atoms with Crippen LogP contribution in [0, 0.1) is 17.1 Å². The molecule has 6 nitrogen and oxygen atoms in total. The summed E-state index contributed by atoms with van der Waals surface area (Å²) in [6, 6.07) is 13.1. The monoisotopic (exact) mass is 354 g/mol. The first-order valence-electron chi connectivity index (χ1n) is 8.25. The van der Waals surface area contributed by atoms with Gasteiger partial charge in [-0.15, -0.1) is 0 Å². The number of hydrogen-bond acceptors (Lipinski definition) is 4. The highest BCUT2D eigenvalue weighted by Gasteiger charge is 2.22. The number of methoxy groups -OCH3 is 1. The van der Waals surface area contributed by atoms with Crippen molar-refractivity contribution in [2.45, 2.75) is 0 Å². The third-order valence-corrected chi connectivity index (χ3v) is 4.35. The number of anilines is 2. The van der Waals surface area contributed by atoms with Gasteiger partial charge in [-0.2, -0.15) is 5.26 Å². The number of rotatable bonds is 3. The minimum Gasteiger partial charge on any atom is -0.497 e. The number of benzene rings is 2. The number of carbonyl (C=O) groups is 1. The van der Waals surface area contributed by atoms with Crippen LogP contribution < -0.4 is 15.0 Å².